The van der Waals surface area contributed by atoms with Gasteiger partial charge < -0.3 is 15.4 Å². The Hall–Kier alpha value is -3.77. The summed E-state index contributed by atoms with van der Waals surface area (Å²) in [5, 5.41) is 5.70. The van der Waals surface area contributed by atoms with Gasteiger partial charge in [-0.2, -0.15) is 0 Å². The Labute approximate surface area is 185 Å². The van der Waals surface area contributed by atoms with Crippen LogP contribution in [0.25, 0.3) is 11.1 Å². The van der Waals surface area contributed by atoms with E-state index in [1.54, 1.807) is 48.5 Å². The molecule has 160 valence electrons. The fraction of sp³-hybridized carbons (Fsp3) is 0.192. The van der Waals surface area contributed by atoms with Gasteiger partial charge in [0.05, 0.1) is 17.4 Å². The van der Waals surface area contributed by atoms with Crippen molar-refractivity contribution in [3.8, 4) is 11.1 Å². The van der Waals surface area contributed by atoms with Crippen LogP contribution >= 0.6 is 0 Å². The molecule has 0 aromatic heterocycles. The second-order valence-corrected chi connectivity index (χ2v) is 7.98. The lowest BCUT2D eigenvalue weighted by atomic mass is 10.0. The van der Waals surface area contributed by atoms with Gasteiger partial charge in [-0.1, -0.05) is 42.5 Å². The summed E-state index contributed by atoms with van der Waals surface area (Å²) in [6.07, 6.45) is 1.97. The lowest BCUT2D eigenvalue weighted by Gasteiger charge is -2.14. The van der Waals surface area contributed by atoms with E-state index >= 15 is 0 Å². The molecule has 1 aliphatic heterocycles. The van der Waals surface area contributed by atoms with Gasteiger partial charge in [0.1, 0.15) is 0 Å². The third kappa shape index (κ3) is 3.69. The molecule has 1 aliphatic carbocycles. The van der Waals surface area contributed by atoms with Crippen molar-refractivity contribution in [1.82, 2.24) is 5.32 Å². The summed E-state index contributed by atoms with van der Waals surface area (Å²) in [6, 6.07) is 19.4. The van der Waals surface area contributed by atoms with Crippen LogP contribution in [-0.4, -0.2) is 36.9 Å². The summed E-state index contributed by atoms with van der Waals surface area (Å²) < 4.78 is 5.55. The van der Waals surface area contributed by atoms with E-state index in [-0.39, 0.29) is 23.7 Å². The van der Waals surface area contributed by atoms with Gasteiger partial charge in [-0.25, -0.2) is 0 Å². The van der Waals surface area contributed by atoms with Crippen LogP contribution in [0.1, 0.15) is 49.5 Å². The Morgan fingerprint density at radius 1 is 0.875 bits per heavy atom. The molecule has 2 N–H and O–H groups in total. The molecule has 2 aliphatic rings. The van der Waals surface area contributed by atoms with Crippen molar-refractivity contribution in [2.45, 2.75) is 18.9 Å². The number of hydrogen-bond acceptors (Lipinski definition) is 4. The van der Waals surface area contributed by atoms with Gasteiger partial charge >= 0.3 is 0 Å². The zero-order valence-electron chi connectivity index (χ0n) is 17.4. The van der Waals surface area contributed by atoms with E-state index in [0.717, 1.165) is 30.6 Å². The van der Waals surface area contributed by atoms with Crippen molar-refractivity contribution in [2.75, 3.05) is 18.5 Å². The van der Waals surface area contributed by atoms with Gasteiger partial charge in [-0.05, 0) is 48.2 Å². The number of anilines is 1. The average Bonchev–Trinajstić information content (AvgIpc) is 3.45. The number of fused-ring (bicyclic) bond motifs is 3. The molecule has 1 heterocycles. The molecule has 3 aromatic carbocycles. The number of ketones is 1. The molecule has 6 nitrogen and oxygen atoms in total. The smallest absolute Gasteiger partial charge is 0.255 e. The highest BCUT2D eigenvalue weighted by Crippen LogP contribution is 2.36. The van der Waals surface area contributed by atoms with E-state index in [1.165, 1.54) is 0 Å². The minimum absolute atomic E-state index is 0.0359. The van der Waals surface area contributed by atoms with Crippen molar-refractivity contribution in [3.63, 3.8) is 0 Å². The van der Waals surface area contributed by atoms with Crippen LogP contribution < -0.4 is 10.6 Å². The van der Waals surface area contributed by atoms with Crippen molar-refractivity contribution < 1.29 is 19.1 Å². The summed E-state index contributed by atoms with van der Waals surface area (Å²) >= 11 is 0. The average molecular weight is 426 g/mol. The molecule has 0 saturated carbocycles. The second kappa shape index (κ2) is 8.40. The van der Waals surface area contributed by atoms with Gasteiger partial charge in [0.15, 0.2) is 5.78 Å². The Kier molecular flexibility index (Phi) is 5.29. The van der Waals surface area contributed by atoms with Crippen LogP contribution in [0.3, 0.4) is 0 Å². The summed E-state index contributed by atoms with van der Waals surface area (Å²) in [5.74, 6) is -0.730. The standard InChI is InChI=1S/C26H22N2O4/c29-24-20-8-2-1-7-18(20)19-12-11-16(14-22(19)24)25(30)28-23-10-4-3-9-21(23)26(31)27-15-17-6-5-13-32-17/h1-4,7-12,14,17H,5-6,13,15H2,(H,27,31)(H,28,30). The normalized spacial score (nSPS) is 16.4. The molecular weight excluding hydrogens is 404 g/mol. The highest BCUT2D eigenvalue weighted by molar-refractivity contribution is 6.22. The van der Waals surface area contributed by atoms with E-state index in [1.807, 2.05) is 18.2 Å². The van der Waals surface area contributed by atoms with E-state index in [4.69, 9.17) is 4.74 Å². The second-order valence-electron chi connectivity index (χ2n) is 7.98. The number of amides is 2. The number of nitrogens with one attached hydrogen (secondary N) is 2. The zero-order chi connectivity index (χ0) is 22.1. The van der Waals surface area contributed by atoms with Gasteiger partial charge in [0.25, 0.3) is 11.8 Å². The molecule has 6 heteroatoms. The van der Waals surface area contributed by atoms with E-state index in [2.05, 4.69) is 10.6 Å². The summed E-state index contributed by atoms with van der Waals surface area (Å²) in [6.45, 7) is 1.16. The largest absolute Gasteiger partial charge is 0.376 e. The molecule has 2 amide bonds. The van der Waals surface area contributed by atoms with Crippen LogP contribution in [0.15, 0.2) is 66.7 Å². The minimum Gasteiger partial charge on any atom is -0.376 e. The highest BCUT2D eigenvalue weighted by Gasteiger charge is 2.27. The van der Waals surface area contributed by atoms with Crippen LogP contribution in [-0.2, 0) is 4.74 Å². The maximum atomic E-state index is 13.0. The third-order valence-corrected chi connectivity index (χ3v) is 5.92. The Morgan fingerprint density at radius 2 is 1.62 bits per heavy atom. The fourth-order valence-electron chi connectivity index (χ4n) is 4.26. The maximum Gasteiger partial charge on any atom is 0.255 e. The SMILES string of the molecule is O=C(Nc1ccccc1C(=O)NCC1CCCO1)c1ccc2c(c1)C(=O)c1ccccc1-2. The maximum absolute atomic E-state index is 13.0. The first kappa shape index (κ1) is 20.2. The number of carbonyl (C=O) groups is 3. The van der Waals surface area contributed by atoms with Gasteiger partial charge in [0.2, 0.25) is 0 Å². The van der Waals surface area contributed by atoms with Crippen LogP contribution in [0.2, 0.25) is 0 Å². The summed E-state index contributed by atoms with van der Waals surface area (Å²) in [4.78, 5) is 38.4. The van der Waals surface area contributed by atoms with Crippen molar-refractivity contribution in [2.24, 2.45) is 0 Å². The molecule has 1 fully saturated rings. The molecule has 1 unspecified atom stereocenters. The lowest BCUT2D eigenvalue weighted by Crippen LogP contribution is -2.32. The lowest BCUT2D eigenvalue weighted by molar-refractivity contribution is 0.0858. The van der Waals surface area contributed by atoms with Crippen LogP contribution in [0.4, 0.5) is 5.69 Å². The highest BCUT2D eigenvalue weighted by atomic mass is 16.5. The first-order valence-electron chi connectivity index (χ1n) is 10.7. The number of benzene rings is 3. The van der Waals surface area contributed by atoms with Gasteiger partial charge in [0, 0.05) is 29.8 Å². The van der Waals surface area contributed by atoms with E-state index in [9.17, 15) is 14.4 Å². The molecule has 0 radical (unpaired) electrons. The Balaban J connectivity index is 1.34. The molecule has 0 spiro atoms. The molecule has 3 aromatic rings. The summed E-state index contributed by atoms with van der Waals surface area (Å²) in [7, 11) is 0. The monoisotopic (exact) mass is 426 g/mol. The predicted octanol–water partition coefficient (Wildman–Crippen LogP) is 4.06. The number of carbonyl (C=O) groups excluding carboxylic acids is 3. The minimum atomic E-state index is -0.379. The number of ether oxygens (including phenoxy) is 1. The van der Waals surface area contributed by atoms with Crippen LogP contribution in [0, 0.1) is 0 Å². The fourth-order valence-corrected chi connectivity index (χ4v) is 4.26. The van der Waals surface area contributed by atoms with E-state index in [0.29, 0.717) is 34.5 Å². The van der Waals surface area contributed by atoms with Crippen LogP contribution in [0.5, 0.6) is 0 Å². The first-order valence-corrected chi connectivity index (χ1v) is 10.7. The van der Waals surface area contributed by atoms with Crippen molar-refractivity contribution in [3.05, 3.63) is 89.0 Å². The Morgan fingerprint density at radius 3 is 2.44 bits per heavy atom. The van der Waals surface area contributed by atoms with Gasteiger partial charge in [-0.15, -0.1) is 0 Å². The number of para-hydroxylation sites is 1. The predicted molar refractivity (Wildman–Crippen MR) is 121 cm³/mol. The molecule has 32 heavy (non-hydrogen) atoms. The number of rotatable bonds is 5. The zero-order valence-corrected chi connectivity index (χ0v) is 17.4. The van der Waals surface area contributed by atoms with Gasteiger partial charge in [-0.3, -0.25) is 14.4 Å². The van der Waals surface area contributed by atoms with Crippen molar-refractivity contribution in [1.29, 1.82) is 0 Å². The topological polar surface area (TPSA) is 84.5 Å². The molecule has 1 saturated heterocycles. The molecular formula is C26H22N2O4. The van der Waals surface area contributed by atoms with Crippen molar-refractivity contribution >= 4 is 23.3 Å². The third-order valence-electron chi connectivity index (χ3n) is 5.92. The molecule has 0 bridgehead atoms. The molecule has 1 atom stereocenters. The quantitative estimate of drug-likeness (QED) is 0.504. The number of hydrogen-bond donors (Lipinski definition) is 2. The Bertz CT molecular complexity index is 1230. The molecule has 5 rings (SSSR count). The summed E-state index contributed by atoms with van der Waals surface area (Å²) in [5.41, 5.74) is 4.03. The van der Waals surface area contributed by atoms with E-state index < -0.39 is 0 Å². The first-order chi connectivity index (χ1) is 15.6.